The average Bonchev–Trinajstić information content (AvgIpc) is 1.35. The fraction of sp³-hybridized carbons (Fsp3) is 0. The van der Waals surface area contributed by atoms with E-state index in [1.165, 1.54) is 0 Å². The molecule has 0 aliphatic carbocycles. The Kier molecular flexibility index (Phi) is 3.01. The molecule has 6 heavy (non-hydrogen) atoms. The SMILES string of the molecule is O=P(O)(O)[O][Y]. The maximum absolute atomic E-state index is 9.50. The maximum atomic E-state index is 9.50. The van der Waals surface area contributed by atoms with E-state index in [0.717, 1.165) is 0 Å². The first kappa shape index (κ1) is 7.21. The van der Waals surface area contributed by atoms with Crippen molar-refractivity contribution in [3.8, 4) is 0 Å². The quantitative estimate of drug-likeness (QED) is 0.544. The topological polar surface area (TPSA) is 66.8 Å². The van der Waals surface area contributed by atoms with Crippen LogP contribution in [0.4, 0.5) is 0 Å². The Morgan fingerprint density at radius 2 is 1.83 bits per heavy atom. The zero-order chi connectivity index (χ0) is 5.21. The number of hydrogen-bond acceptors (Lipinski definition) is 2. The third-order valence-electron chi connectivity index (χ3n) is 0.137. The van der Waals surface area contributed by atoms with Gasteiger partial charge in [-0.05, 0) is 0 Å². The Bertz CT molecular complexity index is 71.6. The minimum atomic E-state index is -4.09. The van der Waals surface area contributed by atoms with Gasteiger partial charge in [-0.2, -0.15) is 0 Å². The third kappa shape index (κ3) is 5.21. The predicted molar refractivity (Wildman–Crippen MR) is 13.1 cm³/mol. The van der Waals surface area contributed by atoms with Crippen molar-refractivity contribution in [1.29, 1.82) is 0 Å². The van der Waals surface area contributed by atoms with E-state index in [4.69, 9.17) is 9.79 Å². The van der Waals surface area contributed by atoms with Crippen LogP contribution in [0.3, 0.4) is 0 Å². The van der Waals surface area contributed by atoms with Crippen molar-refractivity contribution in [2.75, 3.05) is 0 Å². The van der Waals surface area contributed by atoms with Crippen molar-refractivity contribution in [2.24, 2.45) is 0 Å². The molecule has 0 radical (unpaired) electrons. The average molecular weight is 186 g/mol. The summed E-state index contributed by atoms with van der Waals surface area (Å²) in [5.41, 5.74) is 0. The molecule has 0 aliphatic heterocycles. The molecule has 0 bridgehead atoms. The van der Waals surface area contributed by atoms with Crippen LogP contribution in [0.2, 0.25) is 0 Å². The second-order valence-electron chi connectivity index (χ2n) is 0.596. The van der Waals surface area contributed by atoms with Gasteiger partial charge in [-0.15, -0.1) is 0 Å². The van der Waals surface area contributed by atoms with Crippen LogP contribution in [0.15, 0.2) is 0 Å². The van der Waals surface area contributed by atoms with Crippen LogP contribution in [0, 0.1) is 0 Å². The van der Waals surface area contributed by atoms with E-state index in [0.29, 0.717) is 0 Å². The summed E-state index contributed by atoms with van der Waals surface area (Å²) in [6.45, 7) is 0. The summed E-state index contributed by atoms with van der Waals surface area (Å²) in [4.78, 5) is 15.5. The molecule has 0 heterocycles. The van der Waals surface area contributed by atoms with Crippen molar-refractivity contribution in [3.63, 3.8) is 0 Å². The van der Waals surface area contributed by atoms with Crippen LogP contribution in [-0.4, -0.2) is 9.79 Å². The Morgan fingerprint density at radius 1 is 1.67 bits per heavy atom. The van der Waals surface area contributed by atoms with Gasteiger partial charge in [0, 0.05) is 0 Å². The summed E-state index contributed by atoms with van der Waals surface area (Å²) in [5.74, 6) is 0. The second kappa shape index (κ2) is 2.50. The predicted octanol–water partition coefficient (Wildman–Crippen LogP) is -0.443. The normalized spacial score (nSPS) is 11.5. The van der Waals surface area contributed by atoms with Gasteiger partial charge >= 0.3 is 55.5 Å². The molecule has 2 N–H and O–H groups in total. The molecule has 6 heteroatoms. The summed E-state index contributed by atoms with van der Waals surface area (Å²) in [5, 5.41) is 0. The monoisotopic (exact) mass is 186 g/mol. The molecule has 0 aromatic carbocycles. The molecule has 34 valence electrons. The van der Waals surface area contributed by atoms with E-state index in [9.17, 15) is 4.57 Å². The van der Waals surface area contributed by atoms with Crippen LogP contribution in [0.25, 0.3) is 0 Å². The zero-order valence-corrected chi connectivity index (χ0v) is 6.47. The Hall–Kier alpha value is 1.21. The van der Waals surface area contributed by atoms with E-state index in [1.807, 2.05) is 0 Å². The summed E-state index contributed by atoms with van der Waals surface area (Å²) in [6, 6.07) is 0. The summed E-state index contributed by atoms with van der Waals surface area (Å²) in [6.07, 6.45) is 0. The second-order valence-corrected chi connectivity index (χ2v) is 3.34. The number of rotatable bonds is 1. The molecular weight excluding hydrogens is 184 g/mol. The van der Waals surface area contributed by atoms with Gasteiger partial charge < -0.3 is 0 Å². The fourth-order valence-corrected chi connectivity index (χ4v) is 0. The Labute approximate surface area is 55.4 Å². The van der Waals surface area contributed by atoms with Crippen molar-refractivity contribution >= 4 is 7.82 Å². The molecule has 0 rings (SSSR count). The first-order valence-electron chi connectivity index (χ1n) is 1.00. The van der Waals surface area contributed by atoms with E-state index in [-0.39, 0.29) is 31.5 Å². The van der Waals surface area contributed by atoms with Crippen molar-refractivity contribution < 1.29 is 47.7 Å². The molecule has 0 atom stereocenters. The van der Waals surface area contributed by atoms with E-state index >= 15 is 0 Å². The van der Waals surface area contributed by atoms with Gasteiger partial charge in [-0.3, -0.25) is 0 Å². The molecule has 0 aromatic heterocycles. The molecule has 0 aliphatic rings. The van der Waals surface area contributed by atoms with Crippen molar-refractivity contribution in [3.05, 3.63) is 0 Å². The summed E-state index contributed by atoms with van der Waals surface area (Å²) >= 11 is 0.140. The molecule has 0 fully saturated rings. The molecule has 4 nitrogen and oxygen atoms in total. The van der Waals surface area contributed by atoms with Crippen LogP contribution in [0.1, 0.15) is 0 Å². The van der Waals surface area contributed by atoms with Crippen LogP contribution >= 0.6 is 7.82 Å². The molecule has 0 spiro atoms. The summed E-state index contributed by atoms with van der Waals surface area (Å²) < 4.78 is 13.2. The number of phosphoric acid groups is 1. The van der Waals surface area contributed by atoms with Gasteiger partial charge in [0.25, 0.3) is 0 Å². The molecular formula is H2O4PY. The first-order chi connectivity index (χ1) is 2.56. The van der Waals surface area contributed by atoms with Gasteiger partial charge in [-0.1, -0.05) is 0 Å². The zero-order valence-electron chi connectivity index (χ0n) is 2.74. The van der Waals surface area contributed by atoms with Crippen LogP contribution in [0.5, 0.6) is 0 Å². The molecule has 0 saturated heterocycles. The molecule has 0 aromatic rings. The Balaban J connectivity index is 3.48. The first-order valence-corrected chi connectivity index (χ1v) is 3.69. The Morgan fingerprint density at radius 3 is 1.83 bits per heavy atom. The standard InChI is InChI=1S/H3O4P.Y/c1-5(2,3)4;/h(H3,1,2,3,4);/q;+1/p-1. The van der Waals surface area contributed by atoms with Gasteiger partial charge in [0.15, 0.2) is 0 Å². The van der Waals surface area contributed by atoms with Crippen LogP contribution < -0.4 is 0 Å². The molecule has 0 amide bonds. The van der Waals surface area contributed by atoms with Crippen LogP contribution in [-0.2, 0) is 37.9 Å². The van der Waals surface area contributed by atoms with Gasteiger partial charge in [0.2, 0.25) is 0 Å². The van der Waals surface area contributed by atoms with Gasteiger partial charge in [0.1, 0.15) is 0 Å². The van der Waals surface area contributed by atoms with Crippen molar-refractivity contribution in [2.45, 2.75) is 0 Å². The minimum absolute atomic E-state index is 0.140. The van der Waals surface area contributed by atoms with E-state index in [2.05, 4.69) is 1.84 Å². The molecule has 0 unspecified atom stereocenters. The van der Waals surface area contributed by atoms with E-state index in [1.54, 1.807) is 0 Å². The molecule has 0 saturated carbocycles. The van der Waals surface area contributed by atoms with Gasteiger partial charge in [-0.25, -0.2) is 0 Å². The van der Waals surface area contributed by atoms with E-state index < -0.39 is 7.82 Å². The number of hydrogen-bond donors (Lipinski definition) is 2. The van der Waals surface area contributed by atoms with Gasteiger partial charge in [0.05, 0.1) is 0 Å². The fourth-order valence-electron chi connectivity index (χ4n) is 0. The third-order valence-corrected chi connectivity index (χ3v) is 2.44. The van der Waals surface area contributed by atoms with Crippen molar-refractivity contribution in [1.82, 2.24) is 0 Å². The summed E-state index contributed by atoms with van der Waals surface area (Å²) in [7, 11) is -4.09.